The third-order valence-electron chi connectivity index (χ3n) is 3.78. The highest BCUT2D eigenvalue weighted by molar-refractivity contribution is 5.94. The lowest BCUT2D eigenvalue weighted by Crippen LogP contribution is -1.98. The molecule has 0 amide bonds. The molecular weight excluding hydrogens is 310 g/mol. The lowest BCUT2D eigenvalue weighted by atomic mass is 10.1. The van der Waals surface area contributed by atoms with Gasteiger partial charge in [-0.2, -0.15) is 0 Å². The Bertz CT molecular complexity index is 868. The van der Waals surface area contributed by atoms with Crippen molar-refractivity contribution < 1.29 is 9.53 Å². The molecule has 0 unspecified atom stereocenters. The Kier molecular flexibility index (Phi) is 5.37. The first-order valence-electron chi connectivity index (χ1n) is 8.13. The fraction of sp³-hybridized carbons (Fsp3) is 0.0909. The number of Topliss-reactive ketones (excluding diaryl/α,β-unsaturated/α-hetero) is 1. The lowest BCUT2D eigenvalue weighted by Gasteiger charge is -2.09. The second-order valence-corrected chi connectivity index (χ2v) is 5.67. The molecule has 124 valence electrons. The number of carbonyl (C=O) groups is 1. The van der Waals surface area contributed by atoms with Crippen LogP contribution in [0.15, 0.2) is 83.9 Å². The summed E-state index contributed by atoms with van der Waals surface area (Å²) in [6, 6.07) is 25.1. The maximum atomic E-state index is 11.3. The van der Waals surface area contributed by atoms with Gasteiger partial charge in [-0.25, -0.2) is 0 Å². The van der Waals surface area contributed by atoms with Crippen LogP contribution in [-0.2, 0) is 6.61 Å². The van der Waals surface area contributed by atoms with Gasteiger partial charge in [0.05, 0.1) is 5.69 Å². The van der Waals surface area contributed by atoms with Gasteiger partial charge in [0.2, 0.25) is 0 Å². The van der Waals surface area contributed by atoms with Gasteiger partial charge in [0.25, 0.3) is 0 Å². The first-order valence-corrected chi connectivity index (χ1v) is 8.13. The fourth-order valence-electron chi connectivity index (χ4n) is 2.38. The zero-order valence-corrected chi connectivity index (χ0v) is 14.1. The molecule has 3 heteroatoms. The van der Waals surface area contributed by atoms with Crippen LogP contribution in [0.1, 0.15) is 28.4 Å². The van der Waals surface area contributed by atoms with Gasteiger partial charge in [-0.15, -0.1) is 0 Å². The van der Waals surface area contributed by atoms with E-state index in [4.69, 9.17) is 4.74 Å². The zero-order valence-electron chi connectivity index (χ0n) is 14.1. The van der Waals surface area contributed by atoms with Gasteiger partial charge in [0.1, 0.15) is 12.4 Å². The summed E-state index contributed by atoms with van der Waals surface area (Å²) in [5.41, 5.74) is 3.51. The SMILES string of the molecule is CC(=O)c1ccc(N=Cc2ccccc2OCc2ccccc2)cc1. The molecule has 3 rings (SSSR count). The van der Waals surface area contributed by atoms with Crippen LogP contribution in [0.2, 0.25) is 0 Å². The summed E-state index contributed by atoms with van der Waals surface area (Å²) in [6.07, 6.45) is 1.78. The van der Waals surface area contributed by atoms with E-state index in [2.05, 4.69) is 4.99 Å². The van der Waals surface area contributed by atoms with Crippen LogP contribution in [0.25, 0.3) is 0 Å². The molecule has 0 saturated carbocycles. The molecular formula is C22H19NO2. The molecule has 0 bridgehead atoms. The highest BCUT2D eigenvalue weighted by Gasteiger charge is 2.02. The van der Waals surface area contributed by atoms with Gasteiger partial charge in [-0.05, 0) is 48.9 Å². The first-order chi connectivity index (χ1) is 12.2. The van der Waals surface area contributed by atoms with Gasteiger partial charge in [0, 0.05) is 17.3 Å². The highest BCUT2D eigenvalue weighted by atomic mass is 16.5. The van der Waals surface area contributed by atoms with E-state index in [1.807, 2.05) is 66.7 Å². The maximum absolute atomic E-state index is 11.3. The second-order valence-electron chi connectivity index (χ2n) is 5.67. The number of hydrogen-bond donors (Lipinski definition) is 0. The van der Waals surface area contributed by atoms with Crippen molar-refractivity contribution in [3.63, 3.8) is 0 Å². The average Bonchev–Trinajstić information content (AvgIpc) is 2.66. The summed E-state index contributed by atoms with van der Waals surface area (Å²) in [6.45, 7) is 2.07. The highest BCUT2D eigenvalue weighted by Crippen LogP contribution is 2.20. The number of nitrogens with zero attached hydrogens (tertiary/aromatic N) is 1. The standard InChI is InChI=1S/C22H19NO2/c1-17(24)19-11-13-21(14-12-19)23-15-20-9-5-6-10-22(20)25-16-18-7-3-2-4-8-18/h2-15H,16H2,1H3. The van der Waals surface area contributed by atoms with Crippen LogP contribution in [0.5, 0.6) is 5.75 Å². The molecule has 0 saturated heterocycles. The van der Waals surface area contributed by atoms with E-state index in [0.29, 0.717) is 12.2 Å². The molecule has 0 spiro atoms. The van der Waals surface area contributed by atoms with E-state index < -0.39 is 0 Å². The summed E-state index contributed by atoms with van der Waals surface area (Å²) in [5, 5.41) is 0. The molecule has 0 radical (unpaired) electrons. The summed E-state index contributed by atoms with van der Waals surface area (Å²) < 4.78 is 5.93. The van der Waals surface area contributed by atoms with Gasteiger partial charge >= 0.3 is 0 Å². The molecule has 0 aliphatic rings. The van der Waals surface area contributed by atoms with Gasteiger partial charge in [-0.3, -0.25) is 9.79 Å². The summed E-state index contributed by atoms with van der Waals surface area (Å²) in [4.78, 5) is 15.8. The Morgan fingerprint density at radius 3 is 2.32 bits per heavy atom. The van der Waals surface area contributed by atoms with Gasteiger partial charge in [-0.1, -0.05) is 42.5 Å². The minimum atomic E-state index is 0.0511. The Labute approximate surface area is 147 Å². The van der Waals surface area contributed by atoms with Gasteiger partial charge in [0.15, 0.2) is 5.78 Å². The number of para-hydroxylation sites is 1. The van der Waals surface area contributed by atoms with Crippen molar-refractivity contribution in [2.24, 2.45) is 4.99 Å². The molecule has 0 N–H and O–H groups in total. The Morgan fingerprint density at radius 2 is 1.60 bits per heavy atom. The van der Waals surface area contributed by atoms with Gasteiger partial charge < -0.3 is 4.74 Å². The average molecular weight is 329 g/mol. The fourth-order valence-corrected chi connectivity index (χ4v) is 2.38. The van der Waals surface area contributed by atoms with Crippen molar-refractivity contribution in [3.05, 3.63) is 95.6 Å². The van der Waals surface area contributed by atoms with E-state index >= 15 is 0 Å². The zero-order chi connectivity index (χ0) is 17.5. The minimum absolute atomic E-state index is 0.0511. The van der Waals surface area contributed by atoms with Crippen molar-refractivity contribution in [1.82, 2.24) is 0 Å². The number of ketones is 1. The summed E-state index contributed by atoms with van der Waals surface area (Å²) in [5.74, 6) is 0.839. The summed E-state index contributed by atoms with van der Waals surface area (Å²) in [7, 11) is 0. The minimum Gasteiger partial charge on any atom is -0.488 e. The van der Waals surface area contributed by atoms with Crippen molar-refractivity contribution >= 4 is 17.7 Å². The van der Waals surface area contributed by atoms with E-state index in [-0.39, 0.29) is 5.78 Å². The number of ether oxygens (including phenoxy) is 1. The van der Waals surface area contributed by atoms with Crippen molar-refractivity contribution in [2.75, 3.05) is 0 Å². The van der Waals surface area contributed by atoms with E-state index in [1.165, 1.54) is 0 Å². The number of hydrogen-bond acceptors (Lipinski definition) is 3. The predicted octanol–water partition coefficient (Wildman–Crippen LogP) is 5.22. The molecule has 0 atom stereocenters. The number of aliphatic imine (C=N–C) groups is 1. The van der Waals surface area contributed by atoms with Crippen LogP contribution in [0.3, 0.4) is 0 Å². The van der Waals surface area contributed by atoms with Crippen LogP contribution in [0.4, 0.5) is 5.69 Å². The molecule has 3 aromatic carbocycles. The van der Waals surface area contributed by atoms with E-state index in [9.17, 15) is 4.79 Å². The lowest BCUT2D eigenvalue weighted by molar-refractivity contribution is 0.101. The summed E-state index contributed by atoms with van der Waals surface area (Å²) >= 11 is 0. The second kappa shape index (κ2) is 8.06. The van der Waals surface area contributed by atoms with Crippen molar-refractivity contribution in [1.29, 1.82) is 0 Å². The van der Waals surface area contributed by atoms with E-state index in [1.54, 1.807) is 25.3 Å². The number of carbonyl (C=O) groups excluding carboxylic acids is 1. The largest absolute Gasteiger partial charge is 0.488 e. The van der Waals surface area contributed by atoms with Crippen molar-refractivity contribution in [3.8, 4) is 5.75 Å². The predicted molar refractivity (Wildman–Crippen MR) is 101 cm³/mol. The molecule has 3 aromatic rings. The third kappa shape index (κ3) is 4.64. The molecule has 0 fully saturated rings. The Morgan fingerprint density at radius 1 is 0.920 bits per heavy atom. The Balaban J connectivity index is 1.73. The normalized spacial score (nSPS) is 10.8. The first kappa shape index (κ1) is 16.7. The maximum Gasteiger partial charge on any atom is 0.159 e. The molecule has 0 aromatic heterocycles. The monoisotopic (exact) mass is 329 g/mol. The molecule has 3 nitrogen and oxygen atoms in total. The smallest absolute Gasteiger partial charge is 0.159 e. The van der Waals surface area contributed by atoms with Crippen LogP contribution in [0, 0.1) is 0 Å². The third-order valence-corrected chi connectivity index (χ3v) is 3.78. The molecule has 0 heterocycles. The van der Waals surface area contributed by atoms with Crippen LogP contribution < -0.4 is 4.74 Å². The quantitative estimate of drug-likeness (QED) is 0.459. The molecule has 25 heavy (non-hydrogen) atoms. The molecule has 0 aliphatic carbocycles. The number of benzene rings is 3. The van der Waals surface area contributed by atoms with Crippen molar-refractivity contribution in [2.45, 2.75) is 13.5 Å². The topological polar surface area (TPSA) is 38.7 Å². The van der Waals surface area contributed by atoms with E-state index in [0.717, 1.165) is 22.6 Å². The number of rotatable bonds is 6. The van der Waals surface area contributed by atoms with Crippen LogP contribution in [-0.4, -0.2) is 12.0 Å². The van der Waals surface area contributed by atoms with Crippen LogP contribution >= 0.6 is 0 Å². The Hall–Kier alpha value is -3.20. The molecule has 0 aliphatic heterocycles.